The number of ether oxygens (including phenoxy) is 1. The maximum Gasteiger partial charge on any atom is 0.131 e. The quantitative estimate of drug-likeness (QED) is 0.647. The number of benzene rings is 2. The molecular weight excluding hydrogens is 344 g/mol. The van der Waals surface area contributed by atoms with Crippen molar-refractivity contribution in [3.05, 3.63) is 78.1 Å². The van der Waals surface area contributed by atoms with Gasteiger partial charge in [-0.1, -0.05) is 30.3 Å². The molecule has 3 aromatic rings. The minimum atomic E-state index is 0.427. The zero-order chi connectivity index (χ0) is 18.5. The Kier molecular flexibility index (Phi) is 3.76. The van der Waals surface area contributed by atoms with Crippen LogP contribution in [0.25, 0.3) is 11.1 Å². The zero-order valence-corrected chi connectivity index (χ0v) is 15.8. The van der Waals surface area contributed by atoms with Gasteiger partial charge in [-0.2, -0.15) is 0 Å². The molecule has 6 rings (SSSR count). The van der Waals surface area contributed by atoms with E-state index < -0.39 is 0 Å². The first-order valence-corrected chi connectivity index (χ1v) is 10.4. The van der Waals surface area contributed by atoms with Crippen LogP contribution in [0, 0.1) is 5.92 Å². The molecule has 2 saturated heterocycles. The highest BCUT2D eigenvalue weighted by Crippen LogP contribution is 2.52. The Bertz CT molecular complexity index is 1000. The summed E-state index contributed by atoms with van der Waals surface area (Å²) < 4.78 is 6.40. The van der Waals surface area contributed by atoms with Crippen molar-refractivity contribution < 1.29 is 4.74 Å². The van der Waals surface area contributed by atoms with Crippen molar-refractivity contribution >= 4 is 0 Å². The molecule has 2 bridgehead atoms. The van der Waals surface area contributed by atoms with Crippen LogP contribution < -0.4 is 10.1 Å². The Balaban J connectivity index is 1.45. The van der Waals surface area contributed by atoms with Crippen LogP contribution in [0.1, 0.15) is 42.7 Å². The summed E-state index contributed by atoms with van der Waals surface area (Å²) in [5, 5.41) is 3.80. The van der Waals surface area contributed by atoms with E-state index in [1.54, 1.807) is 0 Å². The fraction of sp³-hybridized carbons (Fsp3) is 0.320. The average Bonchev–Trinajstić information content (AvgIpc) is 3.09. The molecule has 0 saturated carbocycles. The predicted octanol–water partition coefficient (Wildman–Crippen LogP) is 5.52. The number of aromatic nitrogens is 1. The molecule has 28 heavy (non-hydrogen) atoms. The van der Waals surface area contributed by atoms with Gasteiger partial charge in [0, 0.05) is 41.5 Å². The third kappa shape index (κ3) is 2.65. The molecule has 2 fully saturated rings. The Hall–Kier alpha value is -2.65. The number of nitrogens with zero attached hydrogens (tertiary/aromatic N) is 1. The Morgan fingerprint density at radius 3 is 2.36 bits per heavy atom. The Morgan fingerprint density at radius 2 is 1.54 bits per heavy atom. The number of fused-ring (bicyclic) bond motifs is 4. The summed E-state index contributed by atoms with van der Waals surface area (Å²) in [4.78, 5) is 4.14. The van der Waals surface area contributed by atoms with Crippen molar-refractivity contribution in [3.8, 4) is 22.6 Å². The van der Waals surface area contributed by atoms with Crippen molar-refractivity contribution in [2.75, 3.05) is 0 Å². The van der Waals surface area contributed by atoms with E-state index in [-0.39, 0.29) is 0 Å². The molecule has 0 amide bonds. The third-order valence-electron chi connectivity index (χ3n) is 6.82. The summed E-state index contributed by atoms with van der Waals surface area (Å²) in [6.07, 6.45) is 8.89. The van der Waals surface area contributed by atoms with E-state index in [1.807, 2.05) is 12.4 Å². The highest BCUT2D eigenvalue weighted by Gasteiger charge is 2.41. The minimum absolute atomic E-state index is 0.427. The van der Waals surface area contributed by atoms with E-state index in [2.05, 4.69) is 64.9 Å². The summed E-state index contributed by atoms with van der Waals surface area (Å²) in [5.41, 5.74) is 5.07. The molecule has 3 aliphatic rings. The van der Waals surface area contributed by atoms with Gasteiger partial charge in [-0.15, -0.1) is 0 Å². The fourth-order valence-electron chi connectivity index (χ4n) is 5.60. The van der Waals surface area contributed by atoms with Gasteiger partial charge in [-0.3, -0.25) is 4.98 Å². The summed E-state index contributed by atoms with van der Waals surface area (Å²) >= 11 is 0. The maximum atomic E-state index is 6.40. The second-order valence-electron chi connectivity index (χ2n) is 8.48. The van der Waals surface area contributed by atoms with E-state index in [9.17, 15) is 0 Å². The molecule has 3 atom stereocenters. The lowest BCUT2D eigenvalue weighted by Gasteiger charge is -2.38. The first-order chi connectivity index (χ1) is 13.8. The van der Waals surface area contributed by atoms with Crippen molar-refractivity contribution in [3.63, 3.8) is 0 Å². The van der Waals surface area contributed by atoms with Gasteiger partial charge in [0.2, 0.25) is 0 Å². The SMILES string of the molecule is c1ccc2c(c1)Oc1cc(-c3ccncc3)ccc1C2C1CC2CCC(C1)N2. The summed E-state index contributed by atoms with van der Waals surface area (Å²) in [5.74, 6) is 3.15. The van der Waals surface area contributed by atoms with Crippen LogP contribution in [0.3, 0.4) is 0 Å². The van der Waals surface area contributed by atoms with E-state index in [1.165, 1.54) is 47.9 Å². The molecule has 4 heterocycles. The third-order valence-corrected chi connectivity index (χ3v) is 6.82. The van der Waals surface area contributed by atoms with Crippen LogP contribution in [0.2, 0.25) is 0 Å². The minimum Gasteiger partial charge on any atom is -0.457 e. The predicted molar refractivity (Wildman–Crippen MR) is 111 cm³/mol. The molecule has 0 spiro atoms. The van der Waals surface area contributed by atoms with E-state index in [0.29, 0.717) is 23.9 Å². The summed E-state index contributed by atoms with van der Waals surface area (Å²) in [6, 6.07) is 20.9. The average molecular weight is 368 g/mol. The normalized spacial score (nSPS) is 27.6. The number of para-hydroxylation sites is 1. The van der Waals surface area contributed by atoms with Gasteiger partial charge in [0.15, 0.2) is 0 Å². The standard InChI is InChI=1S/C25H24N2O/c1-2-4-23-21(3-1)25(18-13-19-6-7-20(14-18)27-19)22-8-5-17(15-24(22)28-23)16-9-11-26-12-10-16/h1-5,8-12,15,18-20,25,27H,6-7,13-14H2. The molecule has 0 aliphatic carbocycles. The lowest BCUT2D eigenvalue weighted by atomic mass is 9.73. The number of rotatable bonds is 2. The van der Waals surface area contributed by atoms with E-state index in [0.717, 1.165) is 11.5 Å². The van der Waals surface area contributed by atoms with Gasteiger partial charge >= 0.3 is 0 Å². The monoisotopic (exact) mass is 368 g/mol. The number of piperidine rings is 1. The molecule has 1 aromatic heterocycles. The van der Waals surface area contributed by atoms with Crippen LogP contribution in [-0.4, -0.2) is 17.1 Å². The van der Waals surface area contributed by atoms with Crippen molar-refractivity contribution in [2.24, 2.45) is 5.92 Å². The molecule has 1 N–H and O–H groups in total. The Morgan fingerprint density at radius 1 is 0.786 bits per heavy atom. The number of hydrogen-bond donors (Lipinski definition) is 1. The smallest absolute Gasteiger partial charge is 0.131 e. The Labute approximate surface area is 165 Å². The molecule has 2 aromatic carbocycles. The van der Waals surface area contributed by atoms with Crippen molar-refractivity contribution in [1.29, 1.82) is 0 Å². The van der Waals surface area contributed by atoms with Gasteiger partial charge in [-0.25, -0.2) is 0 Å². The van der Waals surface area contributed by atoms with Crippen LogP contribution in [0.15, 0.2) is 67.0 Å². The van der Waals surface area contributed by atoms with Gasteiger partial charge in [-0.05, 0) is 67.0 Å². The van der Waals surface area contributed by atoms with Gasteiger partial charge in [0.25, 0.3) is 0 Å². The van der Waals surface area contributed by atoms with Gasteiger partial charge in [0.05, 0.1) is 0 Å². The lowest BCUT2D eigenvalue weighted by molar-refractivity contribution is 0.267. The molecule has 3 heteroatoms. The van der Waals surface area contributed by atoms with Crippen LogP contribution in [0.5, 0.6) is 11.5 Å². The largest absolute Gasteiger partial charge is 0.457 e. The van der Waals surface area contributed by atoms with Crippen LogP contribution in [0.4, 0.5) is 0 Å². The first kappa shape index (κ1) is 16.3. The van der Waals surface area contributed by atoms with Crippen LogP contribution in [-0.2, 0) is 0 Å². The van der Waals surface area contributed by atoms with Gasteiger partial charge in [0.1, 0.15) is 11.5 Å². The van der Waals surface area contributed by atoms with Crippen LogP contribution >= 0.6 is 0 Å². The lowest BCUT2D eigenvalue weighted by Crippen LogP contribution is -2.40. The molecule has 0 radical (unpaired) electrons. The topological polar surface area (TPSA) is 34.1 Å². The molecular formula is C25H24N2O. The van der Waals surface area contributed by atoms with Crippen molar-refractivity contribution in [1.82, 2.24) is 10.3 Å². The fourth-order valence-corrected chi connectivity index (χ4v) is 5.60. The zero-order valence-electron chi connectivity index (χ0n) is 15.8. The molecule has 3 nitrogen and oxygen atoms in total. The number of pyridine rings is 1. The molecule has 140 valence electrons. The number of hydrogen-bond acceptors (Lipinski definition) is 3. The first-order valence-electron chi connectivity index (χ1n) is 10.4. The second-order valence-corrected chi connectivity index (χ2v) is 8.48. The number of nitrogens with one attached hydrogen (secondary N) is 1. The van der Waals surface area contributed by atoms with E-state index >= 15 is 0 Å². The summed E-state index contributed by atoms with van der Waals surface area (Å²) in [6.45, 7) is 0. The van der Waals surface area contributed by atoms with Gasteiger partial charge < -0.3 is 10.1 Å². The molecule has 3 aliphatic heterocycles. The highest BCUT2D eigenvalue weighted by atomic mass is 16.5. The summed E-state index contributed by atoms with van der Waals surface area (Å²) in [7, 11) is 0. The highest BCUT2D eigenvalue weighted by molar-refractivity contribution is 5.68. The maximum absolute atomic E-state index is 6.40. The van der Waals surface area contributed by atoms with E-state index in [4.69, 9.17) is 4.74 Å². The second kappa shape index (κ2) is 6.46. The van der Waals surface area contributed by atoms with Crippen molar-refractivity contribution in [2.45, 2.75) is 43.7 Å². The molecule has 3 unspecified atom stereocenters.